The van der Waals surface area contributed by atoms with Gasteiger partial charge in [-0.15, -0.1) is 16.9 Å². The first kappa shape index (κ1) is 21.9. The molecule has 0 spiro atoms. The first-order valence-corrected chi connectivity index (χ1v) is 12.4. The number of hydrogen-bond acceptors (Lipinski definition) is 6. The lowest BCUT2D eigenvalue weighted by molar-refractivity contribution is 0.516. The summed E-state index contributed by atoms with van der Waals surface area (Å²) < 4.78 is 15.7. The highest BCUT2D eigenvalue weighted by Gasteiger charge is 2.25. The number of aromatic nitrogens is 4. The fourth-order valence-electron chi connectivity index (χ4n) is 4.29. The van der Waals surface area contributed by atoms with Gasteiger partial charge in [-0.2, -0.15) is 0 Å². The summed E-state index contributed by atoms with van der Waals surface area (Å²) in [4.78, 5) is 12.5. The Kier molecular flexibility index (Phi) is 6.28. The first-order chi connectivity index (χ1) is 16.1. The summed E-state index contributed by atoms with van der Waals surface area (Å²) in [7, 11) is 0. The quantitative estimate of drug-likeness (QED) is 0.405. The number of thioether (sulfide) groups is 1. The Morgan fingerprint density at radius 2 is 2.00 bits per heavy atom. The molecule has 33 heavy (non-hydrogen) atoms. The minimum Gasteiger partial charge on any atom is -0.356 e. The van der Waals surface area contributed by atoms with E-state index >= 15 is 0 Å². The molecule has 0 bridgehead atoms. The molecule has 5 rings (SSSR count). The van der Waals surface area contributed by atoms with Crippen LogP contribution in [0.5, 0.6) is 0 Å². The van der Waals surface area contributed by atoms with Crippen LogP contribution in [0.2, 0.25) is 0 Å². The zero-order valence-electron chi connectivity index (χ0n) is 18.8. The molecule has 8 heteroatoms. The highest BCUT2D eigenvalue weighted by atomic mass is 32.2. The number of rotatable bonds is 7. The maximum atomic E-state index is 14.0. The van der Waals surface area contributed by atoms with Gasteiger partial charge in [0.2, 0.25) is 0 Å². The van der Waals surface area contributed by atoms with Gasteiger partial charge in [-0.05, 0) is 60.9 Å². The van der Waals surface area contributed by atoms with Gasteiger partial charge in [-0.1, -0.05) is 18.2 Å². The minimum atomic E-state index is -0.242. The molecule has 0 amide bonds. The van der Waals surface area contributed by atoms with Crippen molar-refractivity contribution < 1.29 is 4.39 Å². The van der Waals surface area contributed by atoms with Gasteiger partial charge in [0.1, 0.15) is 18.0 Å². The third kappa shape index (κ3) is 4.72. The molecule has 1 N–H and O–H groups in total. The normalized spacial score (nSPS) is 16.1. The van der Waals surface area contributed by atoms with Gasteiger partial charge in [0, 0.05) is 37.3 Å². The molecule has 1 unspecified atom stereocenters. The summed E-state index contributed by atoms with van der Waals surface area (Å²) in [5, 5.41) is 9.06. The number of aryl methyl sites for hydroxylation is 1. The van der Waals surface area contributed by atoms with Crippen LogP contribution >= 0.6 is 11.8 Å². The Morgan fingerprint density at radius 1 is 1.15 bits per heavy atom. The molecule has 0 radical (unpaired) electrons. The van der Waals surface area contributed by atoms with Gasteiger partial charge in [0.05, 0.1) is 11.1 Å². The lowest BCUT2D eigenvalue weighted by Gasteiger charge is -2.18. The first-order valence-electron chi connectivity index (χ1n) is 11.2. The number of halogens is 1. The van der Waals surface area contributed by atoms with Crippen LogP contribution in [0.4, 0.5) is 10.2 Å². The average Bonchev–Trinajstić information content (AvgIpc) is 3.48. The van der Waals surface area contributed by atoms with Crippen LogP contribution in [-0.2, 0) is 6.54 Å². The minimum absolute atomic E-state index is 0.242. The smallest absolute Gasteiger partial charge is 0.186 e. The third-order valence-corrected chi connectivity index (χ3v) is 6.97. The van der Waals surface area contributed by atoms with Gasteiger partial charge in [-0.3, -0.25) is 0 Å². The predicted molar refractivity (Wildman–Crippen MR) is 132 cm³/mol. The molecule has 1 saturated heterocycles. The molecule has 3 heterocycles. The molecule has 1 aliphatic rings. The molecule has 0 saturated carbocycles. The number of benzene rings is 2. The average molecular weight is 463 g/mol. The summed E-state index contributed by atoms with van der Waals surface area (Å²) >= 11 is 1.76. The van der Waals surface area contributed by atoms with Crippen LogP contribution < -0.4 is 10.2 Å². The van der Waals surface area contributed by atoms with E-state index in [1.807, 2.05) is 12.3 Å². The van der Waals surface area contributed by atoms with Crippen molar-refractivity contribution in [1.29, 1.82) is 0 Å². The summed E-state index contributed by atoms with van der Waals surface area (Å²) in [5.41, 5.74) is 3.22. The van der Waals surface area contributed by atoms with Gasteiger partial charge < -0.3 is 10.2 Å². The van der Waals surface area contributed by atoms with Crippen LogP contribution in [0.3, 0.4) is 0 Å². The SMILES string of the molecule is CSc1ccc(CNCC2CCN(c3ncnc4nn(-c5ccc(C)c(F)c5)cc34)C2)cc1. The predicted octanol–water partition coefficient (Wildman–Crippen LogP) is 4.60. The molecule has 1 aliphatic heterocycles. The number of nitrogens with zero attached hydrogens (tertiary/aromatic N) is 5. The second-order valence-corrected chi connectivity index (χ2v) is 9.40. The van der Waals surface area contributed by atoms with Crippen molar-refractivity contribution >= 4 is 28.6 Å². The largest absolute Gasteiger partial charge is 0.356 e. The standard InChI is InChI=1S/C25H27FN6S/c1-17-3-6-20(11-23(17)26)32-15-22-24(30-32)28-16-29-25(22)31-10-9-19(14-31)13-27-12-18-4-7-21(33-2)8-5-18/h3-8,11,15-16,19,27H,9-10,12-14H2,1-2H3. The Hall–Kier alpha value is -2.97. The Morgan fingerprint density at radius 3 is 2.79 bits per heavy atom. The summed E-state index contributed by atoms with van der Waals surface area (Å²) in [6.07, 6.45) is 6.67. The highest BCUT2D eigenvalue weighted by molar-refractivity contribution is 7.98. The number of hydrogen-bond donors (Lipinski definition) is 1. The molecule has 1 atom stereocenters. The van der Waals surface area contributed by atoms with E-state index in [1.165, 1.54) is 16.5 Å². The van der Waals surface area contributed by atoms with Crippen molar-refractivity contribution in [2.45, 2.75) is 24.8 Å². The monoisotopic (exact) mass is 462 g/mol. The van der Waals surface area contributed by atoms with Crippen molar-refractivity contribution in [3.05, 3.63) is 71.9 Å². The second kappa shape index (κ2) is 9.49. The van der Waals surface area contributed by atoms with Crippen molar-refractivity contribution in [3.8, 4) is 5.69 Å². The molecule has 6 nitrogen and oxygen atoms in total. The molecule has 170 valence electrons. The molecule has 0 aliphatic carbocycles. The van der Waals surface area contributed by atoms with Crippen LogP contribution in [0, 0.1) is 18.7 Å². The van der Waals surface area contributed by atoms with Crippen LogP contribution in [-0.4, -0.2) is 45.6 Å². The Bertz CT molecular complexity index is 1260. The van der Waals surface area contributed by atoms with E-state index in [0.29, 0.717) is 22.8 Å². The van der Waals surface area contributed by atoms with Crippen molar-refractivity contribution in [1.82, 2.24) is 25.1 Å². The van der Waals surface area contributed by atoms with E-state index in [1.54, 1.807) is 35.8 Å². The van der Waals surface area contributed by atoms with Crippen molar-refractivity contribution in [2.75, 3.05) is 30.8 Å². The van der Waals surface area contributed by atoms with E-state index < -0.39 is 0 Å². The van der Waals surface area contributed by atoms with Gasteiger partial charge >= 0.3 is 0 Å². The molecule has 2 aromatic carbocycles. The fraction of sp³-hybridized carbons (Fsp3) is 0.320. The van der Waals surface area contributed by atoms with Crippen molar-refractivity contribution in [3.63, 3.8) is 0 Å². The Labute approximate surface area is 197 Å². The summed E-state index contributed by atoms with van der Waals surface area (Å²) in [5.74, 6) is 1.21. The van der Waals surface area contributed by atoms with E-state index in [9.17, 15) is 4.39 Å². The molecule has 2 aromatic heterocycles. The molecule has 4 aromatic rings. The third-order valence-electron chi connectivity index (χ3n) is 6.22. The van der Waals surface area contributed by atoms with Crippen LogP contribution in [0.1, 0.15) is 17.5 Å². The van der Waals surface area contributed by atoms with Gasteiger partial charge in [0.15, 0.2) is 5.65 Å². The summed E-state index contributed by atoms with van der Waals surface area (Å²) in [6.45, 7) is 5.49. The lowest BCUT2D eigenvalue weighted by Crippen LogP contribution is -2.26. The number of anilines is 1. The lowest BCUT2D eigenvalue weighted by atomic mass is 10.1. The zero-order valence-corrected chi connectivity index (χ0v) is 19.6. The fourth-order valence-corrected chi connectivity index (χ4v) is 4.70. The molecule has 1 fully saturated rings. The summed E-state index contributed by atoms with van der Waals surface area (Å²) in [6, 6.07) is 13.8. The highest BCUT2D eigenvalue weighted by Crippen LogP contribution is 2.28. The van der Waals surface area contributed by atoms with E-state index in [0.717, 1.165) is 43.8 Å². The second-order valence-electron chi connectivity index (χ2n) is 8.52. The maximum absolute atomic E-state index is 14.0. The van der Waals surface area contributed by atoms with E-state index in [2.05, 4.69) is 55.8 Å². The number of nitrogens with one attached hydrogen (secondary N) is 1. The number of fused-ring (bicyclic) bond motifs is 1. The van der Waals surface area contributed by atoms with E-state index in [4.69, 9.17) is 0 Å². The maximum Gasteiger partial charge on any atom is 0.186 e. The van der Waals surface area contributed by atoms with Crippen LogP contribution in [0.15, 0.2) is 59.9 Å². The Balaban J connectivity index is 1.25. The van der Waals surface area contributed by atoms with Gasteiger partial charge in [0.25, 0.3) is 0 Å². The van der Waals surface area contributed by atoms with Gasteiger partial charge in [-0.25, -0.2) is 19.0 Å². The molecular weight excluding hydrogens is 435 g/mol. The topological polar surface area (TPSA) is 58.9 Å². The van der Waals surface area contributed by atoms with Crippen LogP contribution in [0.25, 0.3) is 16.7 Å². The molecular formula is C25H27FN6S. The zero-order chi connectivity index (χ0) is 22.8. The van der Waals surface area contributed by atoms with E-state index in [-0.39, 0.29) is 5.82 Å². The van der Waals surface area contributed by atoms with Crippen molar-refractivity contribution in [2.24, 2.45) is 5.92 Å².